The van der Waals surface area contributed by atoms with Crippen LogP contribution in [-0.2, 0) is 11.3 Å². The van der Waals surface area contributed by atoms with Crippen LogP contribution in [0.15, 0.2) is 65.7 Å². The van der Waals surface area contributed by atoms with Crippen molar-refractivity contribution in [2.45, 2.75) is 71.4 Å². The summed E-state index contributed by atoms with van der Waals surface area (Å²) in [6, 6.07) is 14.3. The molecule has 1 fully saturated rings. The molecule has 0 radical (unpaired) electrons. The van der Waals surface area contributed by atoms with Crippen LogP contribution in [0.4, 0.5) is 16.2 Å². The maximum absolute atomic E-state index is 13.3. The molecule has 1 aliphatic heterocycles. The molecular formula is C40H50ClN7O6. The Labute approximate surface area is 321 Å². The zero-order valence-corrected chi connectivity index (χ0v) is 32.0. The molecule has 3 heterocycles. The van der Waals surface area contributed by atoms with E-state index in [-0.39, 0.29) is 34.6 Å². The van der Waals surface area contributed by atoms with Gasteiger partial charge in [0.1, 0.15) is 17.1 Å². The number of methoxy groups -OCH3 is 1. The third-order valence-electron chi connectivity index (χ3n) is 9.38. The van der Waals surface area contributed by atoms with Crippen LogP contribution in [-0.4, -0.2) is 82.7 Å². The van der Waals surface area contributed by atoms with Gasteiger partial charge < -0.3 is 30.5 Å². The number of nitrogens with zero attached hydrogens (tertiary/aromatic N) is 4. The highest BCUT2D eigenvalue weighted by Crippen LogP contribution is 2.31. The van der Waals surface area contributed by atoms with E-state index < -0.39 is 11.6 Å². The molecule has 4 aromatic rings. The van der Waals surface area contributed by atoms with Crippen molar-refractivity contribution < 1.29 is 24.2 Å². The molecule has 13 nitrogen and oxygen atoms in total. The number of carbonyl (C=O) groups is 2. The Bertz CT molecular complexity index is 1930. The zero-order chi connectivity index (χ0) is 38.5. The highest BCUT2D eigenvalue weighted by Gasteiger charge is 2.23. The zero-order valence-electron chi connectivity index (χ0n) is 31.2. The molecule has 0 unspecified atom stereocenters. The average Bonchev–Trinajstić information content (AvgIpc) is 3.61. The van der Waals surface area contributed by atoms with Crippen LogP contribution in [0, 0.1) is 0 Å². The maximum atomic E-state index is 13.3. The predicted molar refractivity (Wildman–Crippen MR) is 212 cm³/mol. The number of hydrogen-bond donors (Lipinski definition) is 4. The van der Waals surface area contributed by atoms with E-state index in [2.05, 4.69) is 30.9 Å². The van der Waals surface area contributed by atoms with Crippen LogP contribution < -0.4 is 26.2 Å². The summed E-state index contributed by atoms with van der Waals surface area (Å²) < 4.78 is 12.5. The molecule has 0 spiro atoms. The molecule has 5 rings (SSSR count). The summed E-state index contributed by atoms with van der Waals surface area (Å²) in [5, 5.41) is 22.7. The number of aromatic nitrogens is 3. The number of rotatable bonds is 18. The van der Waals surface area contributed by atoms with Gasteiger partial charge in [0.25, 0.3) is 11.5 Å². The van der Waals surface area contributed by atoms with Gasteiger partial charge in [-0.1, -0.05) is 49.1 Å². The number of aromatic hydroxyl groups is 1. The third-order valence-corrected chi connectivity index (χ3v) is 9.66. The number of likely N-dealkylation sites (tertiary alicyclic amines) is 1. The van der Waals surface area contributed by atoms with Gasteiger partial charge in [-0.05, 0) is 94.1 Å². The van der Waals surface area contributed by atoms with Crippen LogP contribution in [0.5, 0.6) is 11.5 Å². The van der Waals surface area contributed by atoms with Crippen LogP contribution >= 0.6 is 11.6 Å². The number of nitrogens with one attached hydrogen (secondary N) is 3. The number of carbonyl (C=O) groups excluding carboxylic acids is 2. The highest BCUT2D eigenvalue weighted by molar-refractivity contribution is 6.34. The highest BCUT2D eigenvalue weighted by atomic mass is 35.5. The van der Waals surface area contributed by atoms with Crippen LogP contribution in [0.25, 0.3) is 22.4 Å². The van der Waals surface area contributed by atoms with E-state index in [1.807, 2.05) is 43.3 Å². The smallest absolute Gasteiger partial charge is 0.323 e. The Morgan fingerprint density at radius 2 is 1.78 bits per heavy atom. The number of benzene rings is 2. The fraction of sp³-hybridized carbons (Fsp3) is 0.425. The Kier molecular flexibility index (Phi) is 14.8. The van der Waals surface area contributed by atoms with Gasteiger partial charge in [-0.15, -0.1) is 0 Å². The molecule has 0 aliphatic carbocycles. The summed E-state index contributed by atoms with van der Waals surface area (Å²) in [5.41, 5.74) is 2.61. The number of anilines is 2. The second kappa shape index (κ2) is 19.9. The average molecular weight is 760 g/mol. The van der Waals surface area contributed by atoms with E-state index in [0.29, 0.717) is 41.8 Å². The largest absolute Gasteiger partial charge is 0.504 e. The Morgan fingerprint density at radius 3 is 2.56 bits per heavy atom. The van der Waals surface area contributed by atoms with E-state index in [9.17, 15) is 19.5 Å². The number of halogens is 1. The lowest BCUT2D eigenvalue weighted by molar-refractivity contribution is 0.0952. The summed E-state index contributed by atoms with van der Waals surface area (Å²) in [4.78, 5) is 45.7. The quantitative estimate of drug-likeness (QED) is 0.0771. The van der Waals surface area contributed by atoms with Gasteiger partial charge in [-0.3, -0.25) is 19.5 Å². The maximum Gasteiger partial charge on any atom is 0.323 e. The van der Waals surface area contributed by atoms with Gasteiger partial charge in [0.2, 0.25) is 0 Å². The minimum atomic E-state index is -0.785. The molecule has 3 amide bonds. The molecule has 0 bridgehead atoms. The van der Waals surface area contributed by atoms with Crippen molar-refractivity contribution in [2.75, 3.05) is 50.6 Å². The summed E-state index contributed by atoms with van der Waals surface area (Å²) in [7, 11) is 1.78. The molecule has 1 atom stereocenters. The predicted octanol–water partition coefficient (Wildman–Crippen LogP) is 7.19. The first-order valence-corrected chi connectivity index (χ1v) is 19.0. The number of unbranched alkanes of at least 4 members (excludes halogenated alkanes) is 4. The van der Waals surface area contributed by atoms with E-state index in [4.69, 9.17) is 21.1 Å². The molecule has 2 aromatic heterocycles. The summed E-state index contributed by atoms with van der Waals surface area (Å²) in [6.45, 7) is 8.06. The molecule has 54 heavy (non-hydrogen) atoms. The first-order valence-electron chi connectivity index (χ1n) is 18.6. The van der Waals surface area contributed by atoms with E-state index in [0.717, 1.165) is 49.7 Å². The van der Waals surface area contributed by atoms with E-state index >= 15 is 0 Å². The number of urea groups is 1. The van der Waals surface area contributed by atoms with E-state index in [1.54, 1.807) is 20.1 Å². The normalized spacial score (nSPS) is 14.2. The lowest BCUT2D eigenvalue weighted by atomic mass is 9.99. The molecule has 14 heteroatoms. The van der Waals surface area contributed by atoms with Crippen molar-refractivity contribution in [3.8, 4) is 33.9 Å². The first-order chi connectivity index (χ1) is 26.2. The third kappa shape index (κ3) is 10.8. The van der Waals surface area contributed by atoms with Crippen molar-refractivity contribution >= 4 is 34.9 Å². The summed E-state index contributed by atoms with van der Waals surface area (Å²) in [6.07, 6.45) is 10.4. The number of hydrogen-bond acceptors (Lipinski definition) is 9. The van der Waals surface area contributed by atoms with Crippen molar-refractivity contribution in [3.05, 3.63) is 81.9 Å². The lowest BCUT2D eigenvalue weighted by Crippen LogP contribution is -2.33. The summed E-state index contributed by atoms with van der Waals surface area (Å²) >= 11 is 6.08. The fourth-order valence-corrected chi connectivity index (χ4v) is 6.85. The topological polar surface area (TPSA) is 160 Å². The molecular weight excluding hydrogens is 710 g/mol. The van der Waals surface area contributed by atoms with Gasteiger partial charge >= 0.3 is 6.03 Å². The number of ether oxygens (including phenoxy) is 2. The minimum Gasteiger partial charge on any atom is -0.504 e. The Morgan fingerprint density at radius 1 is 0.981 bits per heavy atom. The van der Waals surface area contributed by atoms with Crippen molar-refractivity contribution in [1.29, 1.82) is 0 Å². The number of aryl methyl sites for hydroxylation is 1. The molecule has 288 valence electrons. The van der Waals surface area contributed by atoms with Gasteiger partial charge in [0.15, 0.2) is 5.75 Å². The van der Waals surface area contributed by atoms with E-state index in [1.165, 1.54) is 49.2 Å². The Hall–Kier alpha value is -4.98. The lowest BCUT2D eigenvalue weighted by Gasteiger charge is -2.23. The molecule has 2 aromatic carbocycles. The van der Waals surface area contributed by atoms with Gasteiger partial charge in [-0.25, -0.2) is 9.48 Å². The van der Waals surface area contributed by atoms with Crippen LogP contribution in [0.3, 0.4) is 0 Å². The SMILES string of the molecule is CCOc1cc(C(=O)NCCCCCCCN2CCC[C@@H]2COC)cc(-c2cccc(-c3cc(NC(=O)Nc4c(O)cncc4Cl)c(=O)n(CC)n3)c2)c1. The van der Waals surface area contributed by atoms with Gasteiger partial charge in [-0.2, -0.15) is 5.10 Å². The summed E-state index contributed by atoms with van der Waals surface area (Å²) in [5.74, 6) is 0.0854. The molecule has 1 saturated heterocycles. The molecule has 4 N–H and O–H groups in total. The second-order valence-corrected chi connectivity index (χ2v) is 13.6. The number of pyridine rings is 1. The standard InChI is InChI=1S/C40H50ClN7O6/c1-4-48-39(51)35(44-40(52)45-37-33(41)24-42-25-36(37)49)23-34(46-48)28-14-11-13-27(19-28)29-20-30(22-32(21-29)54-5-2)38(50)43-16-9-7-6-8-10-17-47-18-12-15-31(47)26-53-3/h11,13-14,19-25,31,49H,4-10,12,15-18,26H2,1-3H3,(H,43,50)(H2,42,44,45,52)/t31-/m1/s1. The van der Waals surface area contributed by atoms with Crippen molar-refractivity contribution in [2.24, 2.45) is 0 Å². The first kappa shape index (κ1) is 40.2. The van der Waals surface area contributed by atoms with Crippen LogP contribution in [0.2, 0.25) is 5.02 Å². The number of amides is 3. The van der Waals surface area contributed by atoms with Gasteiger partial charge in [0.05, 0.1) is 30.1 Å². The monoisotopic (exact) mass is 759 g/mol. The van der Waals surface area contributed by atoms with Crippen molar-refractivity contribution in [1.82, 2.24) is 25.0 Å². The minimum absolute atomic E-state index is 0.0233. The van der Waals surface area contributed by atoms with Crippen LogP contribution in [0.1, 0.15) is 69.2 Å². The second-order valence-electron chi connectivity index (χ2n) is 13.2. The van der Waals surface area contributed by atoms with Crippen molar-refractivity contribution in [3.63, 3.8) is 0 Å². The van der Waals surface area contributed by atoms with Gasteiger partial charge in [0, 0.05) is 43.6 Å². The fourth-order valence-electron chi connectivity index (χ4n) is 6.65. The molecule has 0 saturated carbocycles. The Balaban J connectivity index is 1.23. The molecule has 1 aliphatic rings.